The van der Waals surface area contributed by atoms with Crippen molar-refractivity contribution in [1.29, 1.82) is 0 Å². The van der Waals surface area contributed by atoms with Gasteiger partial charge in [-0.05, 0) is 18.9 Å². The summed E-state index contributed by atoms with van der Waals surface area (Å²) in [7, 11) is 0. The molecule has 1 saturated carbocycles. The highest BCUT2D eigenvalue weighted by molar-refractivity contribution is 5.85. The molecule has 0 radical (unpaired) electrons. The van der Waals surface area contributed by atoms with E-state index in [-0.39, 0.29) is 11.8 Å². The quantitative estimate of drug-likeness (QED) is 0.308. The number of amides is 1. The third-order valence-corrected chi connectivity index (χ3v) is 3.76. The SMILES string of the molecule is N[C@H]1C=C(C(=O)O)O[C@@H]([C@H](O)[C@H](O)CO)[C@@H]1NC(=O)C1CC1. The highest BCUT2D eigenvalue weighted by Gasteiger charge is 2.44. The van der Waals surface area contributed by atoms with Crippen molar-refractivity contribution >= 4 is 11.9 Å². The van der Waals surface area contributed by atoms with E-state index in [1.165, 1.54) is 0 Å². The molecule has 0 bridgehead atoms. The van der Waals surface area contributed by atoms with E-state index in [0.29, 0.717) is 0 Å². The van der Waals surface area contributed by atoms with Crippen LogP contribution in [0.15, 0.2) is 11.8 Å². The predicted octanol–water partition coefficient (Wildman–Crippen LogP) is -2.71. The molecule has 1 aliphatic heterocycles. The van der Waals surface area contributed by atoms with Crippen molar-refractivity contribution in [2.75, 3.05) is 6.61 Å². The summed E-state index contributed by atoms with van der Waals surface area (Å²) in [6.07, 6.45) is -1.78. The average molecular weight is 316 g/mol. The fourth-order valence-electron chi connectivity index (χ4n) is 2.29. The molecule has 0 spiro atoms. The number of nitrogens with one attached hydrogen (secondary N) is 1. The summed E-state index contributed by atoms with van der Waals surface area (Å²) in [5.41, 5.74) is 5.86. The van der Waals surface area contributed by atoms with Crippen LogP contribution in [0.25, 0.3) is 0 Å². The fraction of sp³-hybridized carbons (Fsp3) is 0.692. The molecule has 124 valence electrons. The number of nitrogens with two attached hydrogens (primary N) is 1. The van der Waals surface area contributed by atoms with E-state index in [1.54, 1.807) is 0 Å². The summed E-state index contributed by atoms with van der Waals surface area (Å²) < 4.78 is 5.16. The second kappa shape index (κ2) is 6.61. The topological polar surface area (TPSA) is 162 Å². The number of rotatable bonds is 6. The van der Waals surface area contributed by atoms with Crippen molar-refractivity contribution in [3.63, 3.8) is 0 Å². The Morgan fingerprint density at radius 1 is 1.41 bits per heavy atom. The Balaban J connectivity index is 2.20. The first-order valence-corrected chi connectivity index (χ1v) is 7.00. The van der Waals surface area contributed by atoms with Gasteiger partial charge in [0, 0.05) is 5.92 Å². The van der Waals surface area contributed by atoms with Gasteiger partial charge >= 0.3 is 5.97 Å². The van der Waals surface area contributed by atoms with Crippen LogP contribution in [-0.4, -0.2) is 69.3 Å². The molecule has 9 heteroatoms. The maximum atomic E-state index is 11.9. The van der Waals surface area contributed by atoms with E-state index in [0.717, 1.165) is 18.9 Å². The van der Waals surface area contributed by atoms with Gasteiger partial charge in [-0.2, -0.15) is 0 Å². The summed E-state index contributed by atoms with van der Waals surface area (Å²) in [5, 5.41) is 40.1. The summed E-state index contributed by atoms with van der Waals surface area (Å²) >= 11 is 0. The standard InChI is InChI=1S/C13H20N2O7/c14-6-3-8(13(20)21)22-11(10(18)7(17)4-16)9(6)15-12(19)5-1-2-5/h3,5-7,9-11,16-18H,1-2,4,14H2,(H,15,19)(H,20,21)/t6-,7+,9+,10+,11+/m0/s1. The summed E-state index contributed by atoms with van der Waals surface area (Å²) in [6, 6.07) is -1.82. The lowest BCUT2D eigenvalue weighted by Crippen LogP contribution is -2.62. The number of aliphatic hydroxyl groups excluding tert-OH is 3. The molecular weight excluding hydrogens is 296 g/mol. The van der Waals surface area contributed by atoms with Crippen molar-refractivity contribution in [3.05, 3.63) is 11.8 Å². The summed E-state index contributed by atoms with van der Waals surface area (Å²) in [5.74, 6) is -2.22. The van der Waals surface area contributed by atoms with Crippen LogP contribution in [0.1, 0.15) is 12.8 Å². The lowest BCUT2D eigenvalue weighted by atomic mass is 9.92. The Hall–Kier alpha value is -1.68. The van der Waals surface area contributed by atoms with Gasteiger partial charge in [0.1, 0.15) is 18.3 Å². The van der Waals surface area contributed by atoms with Crippen LogP contribution in [0, 0.1) is 5.92 Å². The van der Waals surface area contributed by atoms with Gasteiger partial charge in [0.15, 0.2) is 0 Å². The van der Waals surface area contributed by atoms with Crippen LogP contribution in [0.2, 0.25) is 0 Å². The van der Waals surface area contributed by atoms with Crippen molar-refractivity contribution < 1.29 is 34.8 Å². The van der Waals surface area contributed by atoms with Crippen LogP contribution in [0.5, 0.6) is 0 Å². The molecule has 2 rings (SSSR count). The maximum Gasteiger partial charge on any atom is 0.370 e. The van der Waals surface area contributed by atoms with Crippen LogP contribution in [-0.2, 0) is 14.3 Å². The third-order valence-electron chi connectivity index (χ3n) is 3.76. The molecule has 1 fully saturated rings. The van der Waals surface area contributed by atoms with Crippen molar-refractivity contribution in [3.8, 4) is 0 Å². The number of aliphatic carboxylic acids is 1. The summed E-state index contributed by atoms with van der Waals surface area (Å²) in [4.78, 5) is 22.9. The van der Waals surface area contributed by atoms with Gasteiger partial charge in [-0.15, -0.1) is 0 Å². The monoisotopic (exact) mass is 316 g/mol. The largest absolute Gasteiger partial charge is 0.478 e. The van der Waals surface area contributed by atoms with Crippen molar-refractivity contribution in [2.24, 2.45) is 11.7 Å². The average Bonchev–Trinajstić information content (AvgIpc) is 3.31. The number of ether oxygens (including phenoxy) is 1. The smallest absolute Gasteiger partial charge is 0.370 e. The number of carbonyl (C=O) groups is 2. The number of hydrogen-bond acceptors (Lipinski definition) is 7. The number of carboxylic acids is 1. The van der Waals surface area contributed by atoms with Crippen LogP contribution in [0.4, 0.5) is 0 Å². The van der Waals surface area contributed by atoms with Crippen LogP contribution < -0.4 is 11.1 Å². The normalized spacial score (nSPS) is 30.7. The molecule has 1 amide bonds. The van der Waals surface area contributed by atoms with E-state index in [2.05, 4.69) is 5.32 Å². The molecule has 1 heterocycles. The highest BCUT2D eigenvalue weighted by Crippen LogP contribution is 2.30. The molecule has 9 nitrogen and oxygen atoms in total. The van der Waals surface area contributed by atoms with E-state index in [1.807, 2.05) is 0 Å². The third kappa shape index (κ3) is 3.55. The van der Waals surface area contributed by atoms with E-state index in [9.17, 15) is 19.8 Å². The Kier molecular flexibility index (Phi) is 5.01. The molecule has 7 N–H and O–H groups in total. The zero-order valence-electron chi connectivity index (χ0n) is 11.8. The van der Waals surface area contributed by atoms with Gasteiger partial charge in [0.2, 0.25) is 11.7 Å². The van der Waals surface area contributed by atoms with Crippen LogP contribution >= 0.6 is 0 Å². The second-order valence-electron chi connectivity index (χ2n) is 5.55. The molecule has 2 aliphatic rings. The number of aliphatic hydroxyl groups is 3. The molecule has 0 aromatic carbocycles. The van der Waals surface area contributed by atoms with Crippen molar-refractivity contribution in [2.45, 2.75) is 43.2 Å². The molecule has 0 aromatic rings. The molecule has 1 aliphatic carbocycles. The molecule has 22 heavy (non-hydrogen) atoms. The molecule has 0 aromatic heterocycles. The maximum absolute atomic E-state index is 11.9. The second-order valence-corrected chi connectivity index (χ2v) is 5.55. The Bertz CT molecular complexity index is 477. The van der Waals surface area contributed by atoms with Gasteiger partial charge in [-0.1, -0.05) is 0 Å². The first kappa shape index (κ1) is 16.7. The van der Waals surface area contributed by atoms with E-state index >= 15 is 0 Å². The Morgan fingerprint density at radius 2 is 2.05 bits per heavy atom. The number of carbonyl (C=O) groups excluding carboxylic acids is 1. The molecule has 0 unspecified atom stereocenters. The number of hydrogen-bond donors (Lipinski definition) is 6. The van der Waals surface area contributed by atoms with Gasteiger partial charge in [-0.25, -0.2) is 4.79 Å². The van der Waals surface area contributed by atoms with Gasteiger partial charge in [0.05, 0.1) is 18.7 Å². The van der Waals surface area contributed by atoms with E-state index in [4.69, 9.17) is 20.7 Å². The summed E-state index contributed by atoms with van der Waals surface area (Å²) in [6.45, 7) is -0.744. The fourth-order valence-corrected chi connectivity index (χ4v) is 2.29. The number of carboxylic acid groups (broad SMARTS) is 1. The minimum atomic E-state index is -1.61. The van der Waals surface area contributed by atoms with Crippen LogP contribution in [0.3, 0.4) is 0 Å². The minimum absolute atomic E-state index is 0.113. The van der Waals surface area contributed by atoms with Gasteiger partial charge < -0.3 is 36.2 Å². The molecular formula is C13H20N2O7. The first-order chi connectivity index (χ1) is 10.3. The highest BCUT2D eigenvalue weighted by atomic mass is 16.5. The molecule has 5 atom stereocenters. The first-order valence-electron chi connectivity index (χ1n) is 7.00. The zero-order chi connectivity index (χ0) is 16.4. The van der Waals surface area contributed by atoms with Gasteiger partial charge in [-0.3, -0.25) is 4.79 Å². The Labute approximate surface area is 126 Å². The predicted molar refractivity (Wildman–Crippen MR) is 72.3 cm³/mol. The lowest BCUT2D eigenvalue weighted by Gasteiger charge is -2.38. The van der Waals surface area contributed by atoms with E-state index < -0.39 is 48.7 Å². The minimum Gasteiger partial charge on any atom is -0.478 e. The molecule has 0 saturated heterocycles. The Morgan fingerprint density at radius 3 is 2.55 bits per heavy atom. The zero-order valence-corrected chi connectivity index (χ0v) is 11.8. The lowest BCUT2D eigenvalue weighted by molar-refractivity contribution is -0.146. The van der Waals surface area contributed by atoms with Gasteiger partial charge in [0.25, 0.3) is 0 Å². The van der Waals surface area contributed by atoms with Crippen molar-refractivity contribution in [1.82, 2.24) is 5.32 Å².